The van der Waals surface area contributed by atoms with Crippen molar-refractivity contribution in [2.75, 3.05) is 0 Å². The van der Waals surface area contributed by atoms with Crippen molar-refractivity contribution >= 4 is 11.7 Å². The molecule has 2 atom stereocenters. The number of amidine groups is 1. The van der Waals surface area contributed by atoms with Crippen LogP contribution in [0.3, 0.4) is 0 Å². The topological polar surface area (TPSA) is 41.5 Å². The highest BCUT2D eigenvalue weighted by atomic mass is 19.4. The third kappa shape index (κ3) is 3.04. The fraction of sp³-hybridized carbons (Fsp3) is 0.263. The van der Waals surface area contributed by atoms with E-state index in [1.54, 1.807) is 0 Å². The van der Waals surface area contributed by atoms with Crippen molar-refractivity contribution in [2.24, 2.45) is 10.9 Å². The van der Waals surface area contributed by atoms with Gasteiger partial charge in [-0.3, -0.25) is 9.79 Å². The van der Waals surface area contributed by atoms with Crippen LogP contribution in [0.2, 0.25) is 0 Å². The van der Waals surface area contributed by atoms with Crippen molar-refractivity contribution in [2.45, 2.75) is 24.3 Å². The molecule has 9 heteroatoms. The zero-order chi connectivity index (χ0) is 20.3. The van der Waals surface area contributed by atoms with Crippen LogP contribution in [0.25, 0.3) is 0 Å². The summed E-state index contributed by atoms with van der Waals surface area (Å²) in [6.07, 6.45) is -8.63. The first-order chi connectivity index (χ1) is 13.0. The number of nitrogens with zero attached hydrogens (tertiary/aromatic N) is 1. The van der Waals surface area contributed by atoms with Crippen molar-refractivity contribution in [3.8, 4) is 0 Å². The zero-order valence-corrected chi connectivity index (χ0v) is 14.0. The van der Waals surface area contributed by atoms with Crippen LogP contribution in [0, 0.1) is 5.92 Å². The molecule has 4 rings (SSSR count). The second-order valence-corrected chi connectivity index (χ2v) is 6.78. The molecule has 0 saturated heterocycles. The van der Waals surface area contributed by atoms with E-state index in [4.69, 9.17) is 0 Å². The van der Waals surface area contributed by atoms with Gasteiger partial charge < -0.3 is 5.32 Å². The molecule has 1 aliphatic carbocycles. The number of fused-ring (bicyclic) bond motifs is 1. The van der Waals surface area contributed by atoms with E-state index in [2.05, 4.69) is 10.3 Å². The predicted molar refractivity (Wildman–Crippen MR) is 87.4 cm³/mol. The van der Waals surface area contributed by atoms with Crippen LogP contribution >= 0.6 is 0 Å². The largest absolute Gasteiger partial charge is 0.416 e. The Bertz CT molecular complexity index is 960. The monoisotopic (exact) mass is 398 g/mol. The van der Waals surface area contributed by atoms with E-state index in [-0.39, 0.29) is 17.3 Å². The lowest BCUT2D eigenvalue weighted by Gasteiger charge is -2.22. The van der Waals surface area contributed by atoms with E-state index in [0.717, 1.165) is 24.3 Å². The molecule has 1 N–H and O–H groups in total. The third-order valence-electron chi connectivity index (χ3n) is 5.00. The van der Waals surface area contributed by atoms with Gasteiger partial charge in [-0.2, -0.15) is 26.3 Å². The lowest BCUT2D eigenvalue weighted by Crippen LogP contribution is -2.39. The fourth-order valence-corrected chi connectivity index (χ4v) is 3.40. The number of amides is 1. The van der Waals surface area contributed by atoms with Gasteiger partial charge in [-0.25, -0.2) is 0 Å². The lowest BCUT2D eigenvalue weighted by atomic mass is 9.98. The van der Waals surface area contributed by atoms with Crippen molar-refractivity contribution in [1.82, 2.24) is 5.32 Å². The maximum absolute atomic E-state index is 12.8. The van der Waals surface area contributed by atoms with Gasteiger partial charge in [0.2, 0.25) is 5.91 Å². The van der Waals surface area contributed by atoms with Crippen LogP contribution in [0.5, 0.6) is 0 Å². The number of aliphatic imine (C=N–C) groups is 1. The minimum absolute atomic E-state index is 0.104. The Hall–Kier alpha value is -2.84. The maximum atomic E-state index is 12.8. The highest BCUT2D eigenvalue weighted by Crippen LogP contribution is 2.57. The van der Waals surface area contributed by atoms with E-state index in [1.807, 2.05) is 0 Å². The number of halogens is 6. The summed E-state index contributed by atoms with van der Waals surface area (Å²) < 4.78 is 76.4. The number of hydrogen-bond acceptors (Lipinski definition) is 2. The zero-order valence-electron chi connectivity index (χ0n) is 14.0. The van der Waals surface area contributed by atoms with Crippen LogP contribution in [0.4, 0.5) is 26.3 Å². The van der Waals surface area contributed by atoms with Gasteiger partial charge in [0.15, 0.2) is 0 Å². The molecule has 28 heavy (non-hydrogen) atoms. The molecule has 1 fully saturated rings. The SMILES string of the molecule is O=C1NC(c2ccc(C(F)(F)F)cc2)=NC2(c3ccc(C(F)(F)F)cc3)CC12. The summed E-state index contributed by atoms with van der Waals surface area (Å²) >= 11 is 0. The quantitative estimate of drug-likeness (QED) is 0.743. The molecule has 0 radical (unpaired) electrons. The first kappa shape index (κ1) is 18.5. The number of carbonyl (C=O) groups excluding carboxylic acids is 1. The van der Waals surface area contributed by atoms with Crippen LogP contribution in [0.1, 0.15) is 28.7 Å². The Labute approximate surface area is 155 Å². The summed E-state index contributed by atoms with van der Waals surface area (Å²) in [5.41, 5.74) is -1.87. The molecule has 0 bridgehead atoms. The van der Waals surface area contributed by atoms with Crippen molar-refractivity contribution in [3.05, 3.63) is 70.8 Å². The summed E-state index contributed by atoms with van der Waals surface area (Å²) in [7, 11) is 0. The first-order valence-electron chi connectivity index (χ1n) is 8.27. The van der Waals surface area contributed by atoms with E-state index in [0.29, 0.717) is 12.0 Å². The third-order valence-corrected chi connectivity index (χ3v) is 5.00. The molecule has 2 aliphatic rings. The Balaban J connectivity index is 1.68. The molecule has 1 amide bonds. The highest BCUT2D eigenvalue weighted by Gasteiger charge is 2.62. The van der Waals surface area contributed by atoms with Crippen molar-refractivity contribution in [1.29, 1.82) is 0 Å². The number of alkyl halides is 6. The van der Waals surface area contributed by atoms with Crippen LogP contribution in [-0.2, 0) is 22.7 Å². The number of nitrogens with one attached hydrogen (secondary N) is 1. The molecule has 0 spiro atoms. The summed E-state index contributed by atoms with van der Waals surface area (Å²) in [6, 6.07) is 8.60. The predicted octanol–water partition coefficient (Wildman–Crippen LogP) is 4.52. The molecule has 3 nitrogen and oxygen atoms in total. The molecule has 1 saturated carbocycles. The first-order valence-corrected chi connectivity index (χ1v) is 8.27. The summed E-state index contributed by atoms with van der Waals surface area (Å²) in [4.78, 5) is 16.8. The second kappa shape index (κ2) is 5.83. The van der Waals surface area contributed by atoms with Crippen LogP contribution in [-0.4, -0.2) is 11.7 Å². The van der Waals surface area contributed by atoms with Gasteiger partial charge in [-0.15, -0.1) is 0 Å². The van der Waals surface area contributed by atoms with E-state index >= 15 is 0 Å². The minimum atomic E-state index is -4.49. The van der Waals surface area contributed by atoms with Gasteiger partial charge in [0.1, 0.15) is 11.4 Å². The Kier molecular flexibility index (Phi) is 3.85. The smallest absolute Gasteiger partial charge is 0.310 e. The van der Waals surface area contributed by atoms with Gasteiger partial charge in [-0.1, -0.05) is 24.3 Å². The van der Waals surface area contributed by atoms with E-state index < -0.39 is 34.9 Å². The molecule has 2 unspecified atom stereocenters. The Morgan fingerprint density at radius 2 is 1.36 bits per heavy atom. The van der Waals surface area contributed by atoms with Crippen molar-refractivity contribution < 1.29 is 31.1 Å². The van der Waals surface area contributed by atoms with Gasteiger partial charge in [0.05, 0.1) is 17.0 Å². The second-order valence-electron chi connectivity index (χ2n) is 6.78. The number of rotatable bonds is 2. The molecular formula is C19H12F6N2O. The molecule has 2 aromatic carbocycles. The van der Waals surface area contributed by atoms with E-state index in [1.165, 1.54) is 24.3 Å². The van der Waals surface area contributed by atoms with Crippen LogP contribution in [0.15, 0.2) is 53.5 Å². The molecule has 2 aromatic rings. The molecule has 1 aliphatic heterocycles. The Morgan fingerprint density at radius 1 is 0.857 bits per heavy atom. The van der Waals surface area contributed by atoms with Gasteiger partial charge >= 0.3 is 12.4 Å². The number of benzene rings is 2. The summed E-state index contributed by atoms with van der Waals surface area (Å²) in [6.45, 7) is 0. The number of hydrogen-bond donors (Lipinski definition) is 1. The maximum Gasteiger partial charge on any atom is 0.416 e. The average Bonchev–Trinajstić information content (AvgIpc) is 3.37. The summed E-state index contributed by atoms with van der Waals surface area (Å²) in [5.74, 6) is -0.764. The molecule has 0 aromatic heterocycles. The van der Waals surface area contributed by atoms with E-state index in [9.17, 15) is 31.1 Å². The highest BCUT2D eigenvalue weighted by molar-refractivity contribution is 6.12. The average molecular weight is 398 g/mol. The summed E-state index contributed by atoms with van der Waals surface area (Å²) in [5, 5.41) is 2.56. The van der Waals surface area contributed by atoms with Crippen LogP contribution < -0.4 is 5.32 Å². The normalized spacial score (nSPS) is 24.3. The van der Waals surface area contributed by atoms with Gasteiger partial charge in [0.25, 0.3) is 0 Å². The fourth-order valence-electron chi connectivity index (χ4n) is 3.40. The molecule has 1 heterocycles. The lowest BCUT2D eigenvalue weighted by molar-refractivity contribution is -0.138. The standard InChI is InChI=1S/C19H12F6N2O/c20-18(21,22)12-3-1-10(2-4-12)15-26-16(28)14-9-17(14,27-15)11-5-7-13(8-6-11)19(23,24)25/h1-8,14H,9H2,(H,26,27,28). The molecule has 146 valence electrons. The number of carbonyl (C=O) groups is 1. The minimum Gasteiger partial charge on any atom is -0.310 e. The van der Waals surface area contributed by atoms with Gasteiger partial charge in [0, 0.05) is 5.56 Å². The Morgan fingerprint density at radius 3 is 1.86 bits per heavy atom. The molecular weight excluding hydrogens is 386 g/mol. The van der Waals surface area contributed by atoms with Crippen molar-refractivity contribution in [3.63, 3.8) is 0 Å². The van der Waals surface area contributed by atoms with Gasteiger partial charge in [-0.05, 0) is 36.2 Å².